The zero-order chi connectivity index (χ0) is 20.6. The molecule has 0 spiro atoms. The molecule has 4 aromatic rings. The van der Waals surface area contributed by atoms with Gasteiger partial charge in [-0.2, -0.15) is 0 Å². The van der Waals surface area contributed by atoms with Gasteiger partial charge in [0, 0.05) is 12.6 Å². The molecule has 4 rings (SSSR count). The van der Waals surface area contributed by atoms with Crippen LogP contribution >= 0.6 is 0 Å². The van der Waals surface area contributed by atoms with Gasteiger partial charge in [-0.05, 0) is 61.4 Å². The van der Waals surface area contributed by atoms with Gasteiger partial charge in [-0.25, -0.2) is 4.98 Å². The first-order valence-electron chi connectivity index (χ1n) is 10.3. The third-order valence-electron chi connectivity index (χ3n) is 4.79. The van der Waals surface area contributed by atoms with E-state index in [4.69, 9.17) is 9.15 Å². The van der Waals surface area contributed by atoms with E-state index in [2.05, 4.69) is 41.5 Å². The van der Waals surface area contributed by atoms with E-state index >= 15 is 0 Å². The van der Waals surface area contributed by atoms with Gasteiger partial charge in [-0.3, -0.25) is 0 Å². The van der Waals surface area contributed by atoms with E-state index in [-0.39, 0.29) is 0 Å². The Bertz CT molecular complexity index is 1080. The minimum atomic E-state index is 0.606. The maximum atomic E-state index is 5.84. The Balaban J connectivity index is 1.19. The topological polar surface area (TPSA) is 47.3 Å². The van der Waals surface area contributed by atoms with E-state index in [1.807, 2.05) is 60.7 Å². The Morgan fingerprint density at radius 3 is 2.67 bits per heavy atom. The van der Waals surface area contributed by atoms with Crippen LogP contribution in [-0.4, -0.2) is 18.1 Å². The first kappa shape index (κ1) is 19.9. The fourth-order valence-corrected chi connectivity index (χ4v) is 3.25. The number of ether oxygens (including phenoxy) is 1. The van der Waals surface area contributed by atoms with Gasteiger partial charge in [-0.15, -0.1) is 0 Å². The van der Waals surface area contributed by atoms with Crippen LogP contribution in [0.4, 0.5) is 0 Å². The van der Waals surface area contributed by atoms with Crippen molar-refractivity contribution >= 4 is 23.3 Å². The van der Waals surface area contributed by atoms with Crippen LogP contribution in [0.1, 0.15) is 29.0 Å². The molecule has 0 bridgehead atoms. The average molecular weight is 399 g/mol. The lowest BCUT2D eigenvalue weighted by Crippen LogP contribution is -2.17. The standard InChI is InChI=1S/C26H26N2O2/c1-20-6-4-7-22(18-20)19-27-16-5-17-29-23-13-10-21(11-14-23)12-15-26-28-24-8-2-3-9-25(24)30-26/h2-4,6-15,18,27H,5,16-17,19H2,1H3/b15-12+. The number of benzene rings is 3. The summed E-state index contributed by atoms with van der Waals surface area (Å²) in [6.07, 6.45) is 4.84. The monoisotopic (exact) mass is 398 g/mol. The number of para-hydroxylation sites is 2. The highest BCUT2D eigenvalue weighted by atomic mass is 16.5. The Hall–Kier alpha value is -3.37. The number of nitrogens with zero attached hydrogens (tertiary/aromatic N) is 1. The maximum Gasteiger partial charge on any atom is 0.220 e. The van der Waals surface area contributed by atoms with Crippen LogP contribution < -0.4 is 10.1 Å². The number of hydrogen-bond donors (Lipinski definition) is 1. The first-order chi connectivity index (χ1) is 14.8. The summed E-state index contributed by atoms with van der Waals surface area (Å²) < 4.78 is 11.5. The van der Waals surface area contributed by atoms with Crippen LogP contribution in [0.5, 0.6) is 5.75 Å². The molecule has 0 saturated carbocycles. The molecule has 0 aliphatic rings. The molecule has 0 aliphatic heterocycles. The largest absolute Gasteiger partial charge is 0.494 e. The lowest BCUT2D eigenvalue weighted by Gasteiger charge is -2.08. The maximum absolute atomic E-state index is 5.84. The smallest absolute Gasteiger partial charge is 0.220 e. The summed E-state index contributed by atoms with van der Waals surface area (Å²) in [4.78, 5) is 4.45. The number of rotatable bonds is 9. The summed E-state index contributed by atoms with van der Waals surface area (Å²) >= 11 is 0. The molecule has 0 atom stereocenters. The zero-order valence-electron chi connectivity index (χ0n) is 17.2. The van der Waals surface area contributed by atoms with Crippen LogP contribution in [0.2, 0.25) is 0 Å². The van der Waals surface area contributed by atoms with Gasteiger partial charge in [0.2, 0.25) is 5.89 Å². The summed E-state index contributed by atoms with van der Waals surface area (Å²) in [5.41, 5.74) is 5.36. The van der Waals surface area contributed by atoms with E-state index in [0.29, 0.717) is 12.5 Å². The van der Waals surface area contributed by atoms with Crippen molar-refractivity contribution in [2.45, 2.75) is 19.9 Å². The van der Waals surface area contributed by atoms with Crippen molar-refractivity contribution in [3.05, 3.63) is 95.4 Å². The molecule has 1 heterocycles. The molecular formula is C26H26N2O2. The number of hydrogen-bond acceptors (Lipinski definition) is 4. The molecule has 0 radical (unpaired) electrons. The quantitative estimate of drug-likeness (QED) is 0.359. The lowest BCUT2D eigenvalue weighted by molar-refractivity contribution is 0.308. The van der Waals surface area contributed by atoms with Crippen LogP contribution in [-0.2, 0) is 6.54 Å². The van der Waals surface area contributed by atoms with Crippen LogP contribution in [0.25, 0.3) is 23.3 Å². The second-order valence-corrected chi connectivity index (χ2v) is 7.29. The predicted octanol–water partition coefficient (Wildman–Crippen LogP) is 5.87. The highest BCUT2D eigenvalue weighted by Crippen LogP contribution is 2.18. The van der Waals surface area contributed by atoms with E-state index < -0.39 is 0 Å². The Kier molecular flexibility index (Phi) is 6.58. The molecule has 0 unspecified atom stereocenters. The van der Waals surface area contributed by atoms with Crippen molar-refractivity contribution in [1.29, 1.82) is 0 Å². The zero-order valence-corrected chi connectivity index (χ0v) is 17.2. The van der Waals surface area contributed by atoms with Gasteiger partial charge in [0.1, 0.15) is 11.3 Å². The van der Waals surface area contributed by atoms with Gasteiger partial charge < -0.3 is 14.5 Å². The Morgan fingerprint density at radius 2 is 1.83 bits per heavy atom. The Labute approximate surface area is 177 Å². The molecule has 152 valence electrons. The number of oxazole rings is 1. The fourth-order valence-electron chi connectivity index (χ4n) is 3.25. The molecule has 30 heavy (non-hydrogen) atoms. The van der Waals surface area contributed by atoms with E-state index in [9.17, 15) is 0 Å². The number of nitrogens with one attached hydrogen (secondary N) is 1. The molecule has 4 nitrogen and oxygen atoms in total. The lowest BCUT2D eigenvalue weighted by atomic mass is 10.1. The van der Waals surface area contributed by atoms with Crippen molar-refractivity contribution in [3.8, 4) is 5.75 Å². The molecule has 0 aliphatic carbocycles. The molecular weight excluding hydrogens is 372 g/mol. The first-order valence-corrected chi connectivity index (χ1v) is 10.3. The summed E-state index contributed by atoms with van der Waals surface area (Å²) in [6.45, 7) is 4.63. The highest BCUT2D eigenvalue weighted by Gasteiger charge is 2.01. The summed E-state index contributed by atoms with van der Waals surface area (Å²) in [6, 6.07) is 24.4. The van der Waals surface area contributed by atoms with Crippen LogP contribution in [0.3, 0.4) is 0 Å². The average Bonchev–Trinajstić information content (AvgIpc) is 3.19. The second-order valence-electron chi connectivity index (χ2n) is 7.29. The molecule has 3 aromatic carbocycles. The molecule has 0 amide bonds. The predicted molar refractivity (Wildman–Crippen MR) is 122 cm³/mol. The number of aryl methyl sites for hydroxylation is 1. The minimum absolute atomic E-state index is 0.606. The van der Waals surface area contributed by atoms with E-state index in [1.165, 1.54) is 11.1 Å². The van der Waals surface area contributed by atoms with Crippen molar-refractivity contribution in [2.75, 3.05) is 13.2 Å². The van der Waals surface area contributed by atoms with Gasteiger partial charge in [0.25, 0.3) is 0 Å². The second kappa shape index (κ2) is 9.90. The molecule has 4 heteroatoms. The van der Waals surface area contributed by atoms with Crippen molar-refractivity contribution in [1.82, 2.24) is 10.3 Å². The van der Waals surface area contributed by atoms with Crippen molar-refractivity contribution in [2.24, 2.45) is 0 Å². The summed E-state index contributed by atoms with van der Waals surface area (Å²) in [7, 11) is 0. The van der Waals surface area contributed by atoms with Gasteiger partial charge in [0.15, 0.2) is 5.58 Å². The van der Waals surface area contributed by atoms with E-state index in [1.54, 1.807) is 0 Å². The molecule has 0 fully saturated rings. The third-order valence-corrected chi connectivity index (χ3v) is 4.79. The molecule has 0 saturated heterocycles. The molecule has 1 N–H and O–H groups in total. The summed E-state index contributed by atoms with van der Waals surface area (Å²) in [5, 5.41) is 3.46. The highest BCUT2D eigenvalue weighted by molar-refractivity contribution is 5.75. The number of aromatic nitrogens is 1. The molecule has 1 aromatic heterocycles. The van der Waals surface area contributed by atoms with E-state index in [0.717, 1.165) is 41.9 Å². The van der Waals surface area contributed by atoms with Gasteiger partial charge in [0.05, 0.1) is 6.61 Å². The normalized spacial score (nSPS) is 11.4. The van der Waals surface area contributed by atoms with Crippen LogP contribution in [0, 0.1) is 6.92 Å². The van der Waals surface area contributed by atoms with Crippen molar-refractivity contribution in [3.63, 3.8) is 0 Å². The van der Waals surface area contributed by atoms with Gasteiger partial charge >= 0.3 is 0 Å². The minimum Gasteiger partial charge on any atom is -0.494 e. The Morgan fingerprint density at radius 1 is 0.967 bits per heavy atom. The SMILES string of the molecule is Cc1cccc(CNCCCOc2ccc(/C=C/c3nc4ccccc4o3)cc2)c1. The fraction of sp³-hybridized carbons (Fsp3) is 0.192. The van der Waals surface area contributed by atoms with Crippen LogP contribution in [0.15, 0.2) is 77.2 Å². The third kappa shape index (κ3) is 5.58. The summed E-state index contributed by atoms with van der Waals surface area (Å²) in [5.74, 6) is 1.49. The number of fused-ring (bicyclic) bond motifs is 1. The van der Waals surface area contributed by atoms with Crippen molar-refractivity contribution < 1.29 is 9.15 Å². The van der Waals surface area contributed by atoms with Gasteiger partial charge in [-0.1, -0.05) is 54.1 Å².